The molecular weight excluding hydrogens is 673 g/mol. The molecule has 0 bridgehead atoms. The maximum atomic E-state index is 11.7. The molecule has 260 valence electrons. The van der Waals surface area contributed by atoms with Gasteiger partial charge in [0.2, 0.25) is 0 Å². The van der Waals surface area contributed by atoms with Crippen LogP contribution in [0, 0.1) is 6.92 Å². The Morgan fingerprint density at radius 2 is 1.18 bits per heavy atom. The Bertz CT molecular complexity index is 3310. The predicted molar refractivity (Wildman–Crippen MR) is 230 cm³/mol. The standard InChI is InChI=1S/C51H34N2O2/c1-32-11-2-5-14-38(32)40-25-23-36(30-48(40)54)52(37-24-26-42-41-15-7-9-20-49(41)55-50(42)31-37)45-19-10-17-43-39(45)27-28-47-51(43)44-16-6-8-18-46(44)53(47)35-22-21-33-12-3-4-13-34(33)29-35/h2-31,54H,1H3. The summed E-state index contributed by atoms with van der Waals surface area (Å²) in [6.07, 6.45) is 0. The Balaban J connectivity index is 1.16. The van der Waals surface area contributed by atoms with Crippen molar-refractivity contribution >= 4 is 82.4 Å². The second kappa shape index (κ2) is 12.1. The molecule has 4 heteroatoms. The Morgan fingerprint density at radius 3 is 2.07 bits per heavy atom. The van der Waals surface area contributed by atoms with Crippen molar-refractivity contribution in [2.45, 2.75) is 6.92 Å². The first-order valence-electron chi connectivity index (χ1n) is 18.7. The van der Waals surface area contributed by atoms with Gasteiger partial charge in [-0.1, -0.05) is 109 Å². The second-order valence-electron chi connectivity index (χ2n) is 14.3. The fourth-order valence-corrected chi connectivity index (χ4v) is 8.64. The van der Waals surface area contributed by atoms with Gasteiger partial charge in [-0.25, -0.2) is 0 Å². The maximum absolute atomic E-state index is 11.7. The highest BCUT2D eigenvalue weighted by Crippen LogP contribution is 2.46. The highest BCUT2D eigenvalue weighted by molar-refractivity contribution is 6.23. The average Bonchev–Trinajstić information content (AvgIpc) is 3.77. The van der Waals surface area contributed by atoms with Crippen LogP contribution in [0.1, 0.15) is 5.56 Å². The molecule has 9 aromatic carbocycles. The predicted octanol–water partition coefficient (Wildman–Crippen LogP) is 14.1. The van der Waals surface area contributed by atoms with Gasteiger partial charge in [0.1, 0.15) is 16.9 Å². The minimum absolute atomic E-state index is 0.225. The van der Waals surface area contributed by atoms with Crippen molar-refractivity contribution in [1.82, 2.24) is 4.57 Å². The minimum Gasteiger partial charge on any atom is -0.507 e. The van der Waals surface area contributed by atoms with Crippen LogP contribution in [0.5, 0.6) is 5.75 Å². The van der Waals surface area contributed by atoms with Gasteiger partial charge in [-0.15, -0.1) is 0 Å². The third-order valence-electron chi connectivity index (χ3n) is 11.2. The molecule has 11 aromatic rings. The van der Waals surface area contributed by atoms with Gasteiger partial charge < -0.3 is 19.0 Å². The summed E-state index contributed by atoms with van der Waals surface area (Å²) in [5.41, 5.74) is 10.8. The first kappa shape index (κ1) is 31.2. The van der Waals surface area contributed by atoms with Crippen molar-refractivity contribution in [3.8, 4) is 22.6 Å². The molecule has 11 rings (SSSR count). The molecule has 1 N–H and O–H groups in total. The summed E-state index contributed by atoms with van der Waals surface area (Å²) in [5, 5.41) is 20.9. The number of aromatic hydroxyl groups is 1. The van der Waals surface area contributed by atoms with Crippen molar-refractivity contribution in [2.24, 2.45) is 0 Å². The van der Waals surface area contributed by atoms with Gasteiger partial charge in [0.05, 0.1) is 16.7 Å². The van der Waals surface area contributed by atoms with E-state index >= 15 is 0 Å². The Morgan fingerprint density at radius 1 is 0.473 bits per heavy atom. The highest BCUT2D eigenvalue weighted by Gasteiger charge is 2.22. The van der Waals surface area contributed by atoms with E-state index in [4.69, 9.17) is 4.42 Å². The van der Waals surface area contributed by atoms with Crippen LogP contribution in [-0.4, -0.2) is 9.67 Å². The lowest BCUT2D eigenvalue weighted by Crippen LogP contribution is -2.10. The van der Waals surface area contributed by atoms with Gasteiger partial charge in [0, 0.05) is 61.7 Å². The number of aromatic nitrogens is 1. The zero-order valence-electron chi connectivity index (χ0n) is 30.1. The van der Waals surface area contributed by atoms with E-state index < -0.39 is 0 Å². The molecule has 0 amide bonds. The van der Waals surface area contributed by atoms with Crippen molar-refractivity contribution < 1.29 is 9.52 Å². The van der Waals surface area contributed by atoms with Crippen molar-refractivity contribution in [2.75, 3.05) is 4.90 Å². The number of nitrogens with zero attached hydrogens (tertiary/aromatic N) is 2. The molecular formula is C51H34N2O2. The van der Waals surface area contributed by atoms with Crippen LogP contribution in [0.25, 0.3) is 82.1 Å². The van der Waals surface area contributed by atoms with Crippen molar-refractivity contribution in [3.05, 3.63) is 188 Å². The summed E-state index contributed by atoms with van der Waals surface area (Å²) in [5.74, 6) is 0.225. The van der Waals surface area contributed by atoms with E-state index in [2.05, 4.69) is 156 Å². The number of phenols is 1. The first-order valence-corrected chi connectivity index (χ1v) is 18.7. The Kier molecular flexibility index (Phi) is 6.89. The van der Waals surface area contributed by atoms with Crippen LogP contribution in [0.2, 0.25) is 0 Å². The molecule has 2 heterocycles. The number of phenolic OH excluding ortho intramolecular Hbond substituents is 1. The van der Waals surface area contributed by atoms with E-state index in [0.29, 0.717) is 0 Å². The van der Waals surface area contributed by atoms with E-state index in [1.165, 1.54) is 21.5 Å². The number of aryl methyl sites for hydroxylation is 1. The maximum Gasteiger partial charge on any atom is 0.137 e. The fourth-order valence-electron chi connectivity index (χ4n) is 8.64. The van der Waals surface area contributed by atoms with E-state index in [1.807, 2.05) is 42.5 Å². The summed E-state index contributed by atoms with van der Waals surface area (Å²) in [7, 11) is 0. The molecule has 0 atom stereocenters. The van der Waals surface area contributed by atoms with E-state index in [1.54, 1.807) is 0 Å². The SMILES string of the molecule is Cc1ccccc1-c1ccc(N(c2ccc3c(c2)oc2ccccc23)c2cccc3c2ccc2c3c3ccccc3n2-c2ccc3ccccc3c2)cc1O. The molecule has 0 aliphatic rings. The number of hydrogen-bond acceptors (Lipinski definition) is 3. The van der Waals surface area contributed by atoms with Crippen LogP contribution < -0.4 is 4.90 Å². The molecule has 0 saturated heterocycles. The number of hydrogen-bond donors (Lipinski definition) is 1. The average molecular weight is 707 g/mol. The second-order valence-corrected chi connectivity index (χ2v) is 14.3. The van der Waals surface area contributed by atoms with E-state index in [0.717, 1.165) is 83.2 Å². The number of para-hydroxylation sites is 2. The van der Waals surface area contributed by atoms with Crippen molar-refractivity contribution in [3.63, 3.8) is 0 Å². The van der Waals surface area contributed by atoms with E-state index in [-0.39, 0.29) is 5.75 Å². The van der Waals surface area contributed by atoms with Crippen LogP contribution in [-0.2, 0) is 0 Å². The van der Waals surface area contributed by atoms with Gasteiger partial charge in [0.15, 0.2) is 0 Å². The van der Waals surface area contributed by atoms with Gasteiger partial charge >= 0.3 is 0 Å². The normalized spacial score (nSPS) is 11.8. The topological polar surface area (TPSA) is 41.5 Å². The summed E-state index contributed by atoms with van der Waals surface area (Å²) in [6.45, 7) is 2.07. The van der Waals surface area contributed by atoms with Gasteiger partial charge in [-0.2, -0.15) is 0 Å². The van der Waals surface area contributed by atoms with Crippen molar-refractivity contribution in [1.29, 1.82) is 0 Å². The third-order valence-corrected chi connectivity index (χ3v) is 11.2. The Labute approximate surface area is 317 Å². The smallest absolute Gasteiger partial charge is 0.137 e. The minimum atomic E-state index is 0.225. The van der Waals surface area contributed by atoms with Crippen LogP contribution in [0.4, 0.5) is 17.1 Å². The summed E-state index contributed by atoms with van der Waals surface area (Å²) >= 11 is 0. The fraction of sp³-hybridized carbons (Fsp3) is 0.0196. The number of fused-ring (bicyclic) bond motifs is 9. The van der Waals surface area contributed by atoms with Gasteiger partial charge in [0.25, 0.3) is 0 Å². The largest absolute Gasteiger partial charge is 0.507 e. The number of rotatable bonds is 5. The molecule has 4 nitrogen and oxygen atoms in total. The molecule has 55 heavy (non-hydrogen) atoms. The molecule has 0 spiro atoms. The molecule has 0 saturated carbocycles. The molecule has 0 radical (unpaired) electrons. The van der Waals surface area contributed by atoms with Crippen LogP contribution in [0.3, 0.4) is 0 Å². The number of anilines is 3. The molecule has 0 aliphatic heterocycles. The summed E-state index contributed by atoms with van der Waals surface area (Å²) in [4.78, 5) is 2.24. The molecule has 2 aromatic heterocycles. The van der Waals surface area contributed by atoms with Crippen LogP contribution >= 0.6 is 0 Å². The molecule has 0 unspecified atom stereocenters. The Hall–Kier alpha value is -7.30. The zero-order valence-corrected chi connectivity index (χ0v) is 30.1. The monoisotopic (exact) mass is 706 g/mol. The third kappa shape index (κ3) is 4.85. The van der Waals surface area contributed by atoms with Gasteiger partial charge in [-0.3, -0.25) is 0 Å². The zero-order chi connectivity index (χ0) is 36.6. The molecule has 0 aliphatic carbocycles. The number of furan rings is 1. The molecule has 0 fully saturated rings. The summed E-state index contributed by atoms with van der Waals surface area (Å²) < 4.78 is 8.80. The first-order chi connectivity index (χ1) is 27.1. The quantitative estimate of drug-likeness (QED) is 0.194. The highest BCUT2D eigenvalue weighted by atomic mass is 16.3. The summed E-state index contributed by atoms with van der Waals surface area (Å²) in [6, 6.07) is 63.8. The lowest BCUT2D eigenvalue weighted by atomic mass is 9.98. The van der Waals surface area contributed by atoms with Crippen LogP contribution in [0.15, 0.2) is 186 Å². The van der Waals surface area contributed by atoms with Gasteiger partial charge in [-0.05, 0) is 94.9 Å². The lowest BCUT2D eigenvalue weighted by Gasteiger charge is -2.27. The van der Waals surface area contributed by atoms with E-state index in [9.17, 15) is 5.11 Å². The number of benzene rings is 9. The lowest BCUT2D eigenvalue weighted by molar-refractivity contribution is 0.477.